The van der Waals surface area contributed by atoms with E-state index in [1.54, 1.807) is 13.8 Å². The second-order valence-electron chi connectivity index (χ2n) is 3.38. The molecule has 6 nitrogen and oxygen atoms in total. The van der Waals surface area contributed by atoms with E-state index >= 15 is 0 Å². The van der Waals surface area contributed by atoms with E-state index in [4.69, 9.17) is 4.52 Å². The molecule has 7 heteroatoms. The van der Waals surface area contributed by atoms with Gasteiger partial charge in [0.15, 0.2) is 5.82 Å². The molecule has 17 heavy (non-hydrogen) atoms. The van der Waals surface area contributed by atoms with Gasteiger partial charge in [0, 0.05) is 0 Å². The first-order valence-corrected chi connectivity index (χ1v) is 5.59. The Morgan fingerprint density at radius 1 is 1.35 bits per heavy atom. The van der Waals surface area contributed by atoms with Crippen LogP contribution < -0.4 is 5.32 Å². The summed E-state index contributed by atoms with van der Waals surface area (Å²) in [7, 11) is 0. The Morgan fingerprint density at radius 2 is 2.12 bits per heavy atom. The van der Waals surface area contributed by atoms with Crippen LogP contribution in [-0.4, -0.2) is 21.0 Å². The fourth-order valence-electron chi connectivity index (χ4n) is 1.36. The lowest BCUT2D eigenvalue weighted by Gasteiger charge is -2.02. The first kappa shape index (κ1) is 11.7. The number of anilines is 1. The summed E-state index contributed by atoms with van der Waals surface area (Å²) in [6, 6.07) is 0. The van der Waals surface area contributed by atoms with Crippen LogP contribution in [-0.2, 0) is 0 Å². The van der Waals surface area contributed by atoms with Crippen LogP contribution in [0.5, 0.6) is 0 Å². The highest BCUT2D eigenvalue weighted by atomic mass is 79.9. The molecule has 0 aromatic carbocycles. The first-order valence-electron chi connectivity index (χ1n) is 4.79. The van der Waals surface area contributed by atoms with E-state index in [0.717, 1.165) is 0 Å². The number of amides is 1. The SMILES string of the molecule is Cc1noc(C)c1C(=O)Nc1cnc(Br)cn1. The van der Waals surface area contributed by atoms with Gasteiger partial charge in [-0.1, -0.05) is 5.16 Å². The molecule has 2 aromatic heterocycles. The lowest BCUT2D eigenvalue weighted by Crippen LogP contribution is -2.14. The average molecular weight is 297 g/mol. The third kappa shape index (κ3) is 2.50. The number of carbonyl (C=O) groups is 1. The molecule has 2 heterocycles. The average Bonchev–Trinajstić information content (AvgIpc) is 2.62. The smallest absolute Gasteiger partial charge is 0.262 e. The fraction of sp³-hybridized carbons (Fsp3) is 0.200. The van der Waals surface area contributed by atoms with E-state index < -0.39 is 0 Å². The van der Waals surface area contributed by atoms with Crippen LogP contribution in [0.1, 0.15) is 21.8 Å². The van der Waals surface area contributed by atoms with Gasteiger partial charge in [-0.3, -0.25) is 4.79 Å². The summed E-state index contributed by atoms with van der Waals surface area (Å²) >= 11 is 3.16. The maximum absolute atomic E-state index is 11.9. The molecule has 0 saturated heterocycles. The van der Waals surface area contributed by atoms with Gasteiger partial charge >= 0.3 is 0 Å². The second kappa shape index (κ2) is 4.62. The number of nitrogens with zero attached hydrogens (tertiary/aromatic N) is 3. The summed E-state index contributed by atoms with van der Waals surface area (Å²) in [6.45, 7) is 3.39. The van der Waals surface area contributed by atoms with Gasteiger partial charge in [0.25, 0.3) is 5.91 Å². The molecule has 0 spiro atoms. The minimum absolute atomic E-state index is 0.308. The van der Waals surface area contributed by atoms with Crippen molar-refractivity contribution in [1.82, 2.24) is 15.1 Å². The van der Waals surface area contributed by atoms with E-state index in [9.17, 15) is 4.79 Å². The van der Waals surface area contributed by atoms with E-state index in [1.165, 1.54) is 12.4 Å². The monoisotopic (exact) mass is 296 g/mol. The zero-order valence-corrected chi connectivity index (χ0v) is 10.8. The molecule has 1 amide bonds. The van der Waals surface area contributed by atoms with Gasteiger partial charge in [0.05, 0.1) is 18.1 Å². The number of hydrogen-bond donors (Lipinski definition) is 1. The van der Waals surface area contributed by atoms with Gasteiger partial charge < -0.3 is 9.84 Å². The predicted octanol–water partition coefficient (Wildman–Crippen LogP) is 2.10. The van der Waals surface area contributed by atoms with Crippen LogP contribution in [0, 0.1) is 13.8 Å². The van der Waals surface area contributed by atoms with Crippen molar-refractivity contribution in [1.29, 1.82) is 0 Å². The Hall–Kier alpha value is -1.76. The summed E-state index contributed by atoms with van der Waals surface area (Å²) in [5, 5.41) is 6.33. The van der Waals surface area contributed by atoms with Crippen molar-refractivity contribution in [3.8, 4) is 0 Å². The van der Waals surface area contributed by atoms with Crippen LogP contribution in [0.4, 0.5) is 5.82 Å². The molecule has 0 radical (unpaired) electrons. The zero-order chi connectivity index (χ0) is 12.4. The third-order valence-corrected chi connectivity index (χ3v) is 2.53. The van der Waals surface area contributed by atoms with E-state index in [-0.39, 0.29) is 5.91 Å². The fourth-order valence-corrected chi connectivity index (χ4v) is 1.57. The van der Waals surface area contributed by atoms with Gasteiger partial charge in [-0.2, -0.15) is 0 Å². The molecular formula is C10H9BrN4O2. The molecule has 2 rings (SSSR count). The lowest BCUT2D eigenvalue weighted by molar-refractivity contribution is 0.102. The molecule has 0 aliphatic rings. The highest BCUT2D eigenvalue weighted by Gasteiger charge is 2.17. The van der Waals surface area contributed by atoms with E-state index in [0.29, 0.717) is 27.4 Å². The Labute approximate surface area is 106 Å². The largest absolute Gasteiger partial charge is 0.361 e. The lowest BCUT2D eigenvalue weighted by atomic mass is 10.2. The number of aromatic nitrogens is 3. The Kier molecular flexibility index (Phi) is 3.19. The summed E-state index contributed by atoms with van der Waals surface area (Å²) in [4.78, 5) is 19.9. The molecule has 0 bridgehead atoms. The molecule has 0 aliphatic carbocycles. The summed E-state index contributed by atoms with van der Waals surface area (Å²) in [5.74, 6) is 0.543. The molecule has 0 saturated carbocycles. The second-order valence-corrected chi connectivity index (χ2v) is 4.19. The van der Waals surface area contributed by atoms with Crippen LogP contribution in [0.3, 0.4) is 0 Å². The highest BCUT2D eigenvalue weighted by Crippen LogP contribution is 2.14. The van der Waals surface area contributed by atoms with Crippen molar-refractivity contribution in [2.45, 2.75) is 13.8 Å². The van der Waals surface area contributed by atoms with Gasteiger partial charge in [0.2, 0.25) is 0 Å². The van der Waals surface area contributed by atoms with Crippen molar-refractivity contribution < 1.29 is 9.32 Å². The number of halogens is 1. The van der Waals surface area contributed by atoms with Crippen LogP contribution in [0.25, 0.3) is 0 Å². The minimum atomic E-state index is -0.308. The highest BCUT2D eigenvalue weighted by molar-refractivity contribution is 9.10. The predicted molar refractivity (Wildman–Crippen MR) is 63.7 cm³/mol. The summed E-state index contributed by atoms with van der Waals surface area (Å²) in [5.41, 5.74) is 0.972. The molecule has 1 N–H and O–H groups in total. The Bertz CT molecular complexity index is 530. The first-order chi connectivity index (χ1) is 8.08. The van der Waals surface area contributed by atoms with Crippen LogP contribution >= 0.6 is 15.9 Å². The van der Waals surface area contributed by atoms with Gasteiger partial charge in [-0.15, -0.1) is 0 Å². The molecule has 0 aliphatic heterocycles. The van der Waals surface area contributed by atoms with Crippen molar-refractivity contribution >= 4 is 27.7 Å². The third-order valence-electron chi connectivity index (χ3n) is 2.12. The molecule has 0 atom stereocenters. The van der Waals surface area contributed by atoms with Gasteiger partial charge in [-0.05, 0) is 29.8 Å². The quantitative estimate of drug-likeness (QED) is 0.918. The van der Waals surface area contributed by atoms with E-state index in [2.05, 4.69) is 36.4 Å². The Balaban J connectivity index is 2.20. The maximum atomic E-state index is 11.9. The standard InChI is InChI=1S/C10H9BrN4O2/c1-5-9(6(2)17-15-5)10(16)14-8-4-12-7(11)3-13-8/h3-4H,1-2H3,(H,13,14,16). The minimum Gasteiger partial charge on any atom is -0.361 e. The zero-order valence-electron chi connectivity index (χ0n) is 9.19. The topological polar surface area (TPSA) is 80.9 Å². The molecule has 88 valence electrons. The molecule has 2 aromatic rings. The Morgan fingerprint density at radius 3 is 2.65 bits per heavy atom. The number of aryl methyl sites for hydroxylation is 2. The number of nitrogens with one attached hydrogen (secondary N) is 1. The summed E-state index contributed by atoms with van der Waals surface area (Å²) in [6.07, 6.45) is 2.96. The van der Waals surface area contributed by atoms with Crippen molar-refractivity contribution in [3.63, 3.8) is 0 Å². The number of carbonyl (C=O) groups excluding carboxylic acids is 1. The number of rotatable bonds is 2. The maximum Gasteiger partial charge on any atom is 0.262 e. The summed E-state index contributed by atoms with van der Waals surface area (Å²) < 4.78 is 5.52. The number of hydrogen-bond acceptors (Lipinski definition) is 5. The molecular weight excluding hydrogens is 288 g/mol. The van der Waals surface area contributed by atoms with Crippen LogP contribution in [0.2, 0.25) is 0 Å². The van der Waals surface area contributed by atoms with Gasteiger partial charge in [0.1, 0.15) is 15.9 Å². The van der Waals surface area contributed by atoms with Crippen LogP contribution in [0.15, 0.2) is 21.5 Å². The molecule has 0 fully saturated rings. The van der Waals surface area contributed by atoms with Gasteiger partial charge in [-0.25, -0.2) is 9.97 Å². The van der Waals surface area contributed by atoms with Crippen molar-refractivity contribution in [2.75, 3.05) is 5.32 Å². The van der Waals surface area contributed by atoms with Crippen molar-refractivity contribution in [3.05, 3.63) is 34.0 Å². The normalized spacial score (nSPS) is 10.3. The van der Waals surface area contributed by atoms with Crippen molar-refractivity contribution in [2.24, 2.45) is 0 Å². The molecule has 0 unspecified atom stereocenters. The van der Waals surface area contributed by atoms with E-state index in [1.807, 2.05) is 0 Å².